The fourth-order valence-electron chi connectivity index (χ4n) is 3.18. The number of nitrogens with zero attached hydrogens (tertiary/aromatic N) is 3. The van der Waals surface area contributed by atoms with E-state index in [0.717, 1.165) is 21.5 Å². The van der Waals surface area contributed by atoms with Crippen molar-refractivity contribution in [3.05, 3.63) is 51.5 Å². The minimum absolute atomic E-state index is 0.0307. The van der Waals surface area contributed by atoms with E-state index < -0.39 is 9.84 Å². The number of amides is 1. The topological polar surface area (TPSA) is 72.3 Å². The zero-order chi connectivity index (χ0) is 19.2. The lowest BCUT2D eigenvalue weighted by atomic mass is 10.2. The van der Waals surface area contributed by atoms with Gasteiger partial charge in [0, 0.05) is 23.5 Å². The summed E-state index contributed by atoms with van der Waals surface area (Å²) in [5.74, 6) is -0.0545. The number of hydrogen-bond acceptors (Lipinski definition) is 5. The van der Waals surface area contributed by atoms with Gasteiger partial charge in [-0.15, -0.1) is 11.3 Å². The van der Waals surface area contributed by atoms with Gasteiger partial charge in [-0.2, -0.15) is 5.10 Å². The molecule has 0 unspecified atom stereocenters. The number of aryl methyl sites for hydroxylation is 1. The van der Waals surface area contributed by atoms with Crippen LogP contribution in [0.5, 0.6) is 0 Å². The highest BCUT2D eigenvalue weighted by molar-refractivity contribution is 7.91. The molecule has 3 heterocycles. The van der Waals surface area contributed by atoms with Crippen LogP contribution in [0.2, 0.25) is 5.02 Å². The lowest BCUT2D eigenvalue weighted by molar-refractivity contribution is 0.0775. The highest BCUT2D eigenvalue weighted by atomic mass is 35.5. The fraction of sp³-hybridized carbons (Fsp3) is 0.333. The van der Waals surface area contributed by atoms with Crippen LogP contribution in [0.3, 0.4) is 0 Å². The summed E-state index contributed by atoms with van der Waals surface area (Å²) in [6.45, 7) is 2.94. The van der Waals surface area contributed by atoms with Gasteiger partial charge < -0.3 is 4.90 Å². The van der Waals surface area contributed by atoms with Crippen molar-refractivity contribution in [2.24, 2.45) is 0 Å². The third-order valence-corrected chi connectivity index (χ3v) is 7.84. The maximum atomic E-state index is 12.8. The zero-order valence-electron chi connectivity index (χ0n) is 14.7. The van der Waals surface area contributed by atoms with Crippen LogP contribution in [0.15, 0.2) is 30.3 Å². The molecule has 4 rings (SSSR count). The van der Waals surface area contributed by atoms with E-state index in [-0.39, 0.29) is 30.5 Å². The van der Waals surface area contributed by atoms with Crippen molar-refractivity contribution in [3.8, 4) is 0 Å². The van der Waals surface area contributed by atoms with Crippen LogP contribution in [0.4, 0.5) is 0 Å². The lowest BCUT2D eigenvalue weighted by Gasteiger charge is -2.26. The predicted molar refractivity (Wildman–Crippen MR) is 107 cm³/mol. The first-order chi connectivity index (χ1) is 12.8. The van der Waals surface area contributed by atoms with Gasteiger partial charge in [0.05, 0.1) is 28.6 Å². The average Bonchev–Trinajstić information content (AvgIpc) is 3.18. The molecule has 1 saturated heterocycles. The Hall–Kier alpha value is -1.90. The number of halogens is 1. The van der Waals surface area contributed by atoms with Crippen molar-refractivity contribution >= 4 is 48.9 Å². The summed E-state index contributed by atoms with van der Waals surface area (Å²) in [5.41, 5.74) is 1.82. The number of hydrogen-bond donors (Lipinski definition) is 0. The van der Waals surface area contributed by atoms with E-state index in [1.54, 1.807) is 4.90 Å². The predicted octanol–water partition coefficient (Wildman–Crippen LogP) is 2.98. The van der Waals surface area contributed by atoms with Crippen molar-refractivity contribution in [3.63, 3.8) is 0 Å². The number of benzene rings is 1. The zero-order valence-corrected chi connectivity index (χ0v) is 17.1. The number of aromatic nitrogens is 2. The summed E-state index contributed by atoms with van der Waals surface area (Å²) in [4.78, 5) is 15.9. The largest absolute Gasteiger partial charge is 0.336 e. The smallest absolute Gasteiger partial charge is 0.264 e. The van der Waals surface area contributed by atoms with Crippen LogP contribution >= 0.6 is 22.9 Å². The standard InChI is InChI=1S/C18H18ClN3O3S2/c1-12-14-10-16(17(23)21-6-8-27(24,25)9-7-21)26-18(14)22(20-12)11-13-4-2-3-5-15(13)19/h2-5,10H,6-9,11H2,1H3. The van der Waals surface area contributed by atoms with Crippen LogP contribution in [-0.2, 0) is 16.4 Å². The Kier molecular flexibility index (Phi) is 4.73. The molecule has 1 aromatic carbocycles. The van der Waals surface area contributed by atoms with Crippen LogP contribution in [0.25, 0.3) is 10.2 Å². The summed E-state index contributed by atoms with van der Waals surface area (Å²) in [6.07, 6.45) is 0. The van der Waals surface area contributed by atoms with E-state index in [1.807, 2.05) is 41.9 Å². The molecule has 0 radical (unpaired) electrons. The molecule has 0 bridgehead atoms. The van der Waals surface area contributed by atoms with Gasteiger partial charge in [0.1, 0.15) is 4.83 Å². The van der Waals surface area contributed by atoms with E-state index in [4.69, 9.17) is 11.6 Å². The summed E-state index contributed by atoms with van der Waals surface area (Å²) in [7, 11) is -3.01. The molecule has 0 spiro atoms. The molecule has 0 aliphatic carbocycles. The molecule has 1 amide bonds. The molecular weight excluding hydrogens is 406 g/mol. The second kappa shape index (κ2) is 6.92. The van der Waals surface area contributed by atoms with E-state index in [1.165, 1.54) is 11.3 Å². The molecule has 1 fully saturated rings. The number of carbonyl (C=O) groups is 1. The van der Waals surface area contributed by atoms with Gasteiger partial charge in [-0.1, -0.05) is 29.8 Å². The monoisotopic (exact) mass is 423 g/mol. The molecule has 27 heavy (non-hydrogen) atoms. The highest BCUT2D eigenvalue weighted by Crippen LogP contribution is 2.30. The number of fused-ring (bicyclic) bond motifs is 1. The van der Waals surface area contributed by atoms with Crippen molar-refractivity contribution in [2.75, 3.05) is 24.6 Å². The number of sulfone groups is 1. The second-order valence-electron chi connectivity index (χ2n) is 6.61. The Balaban J connectivity index is 1.63. The Bertz CT molecular complexity index is 1120. The minimum atomic E-state index is -3.01. The first-order valence-electron chi connectivity index (χ1n) is 8.54. The van der Waals surface area contributed by atoms with Crippen molar-refractivity contribution in [1.29, 1.82) is 0 Å². The molecule has 0 saturated carbocycles. The molecular formula is C18H18ClN3O3S2. The molecule has 1 aliphatic heterocycles. The van der Waals surface area contributed by atoms with Crippen molar-refractivity contribution < 1.29 is 13.2 Å². The molecule has 0 N–H and O–H groups in total. The molecule has 1 aliphatic rings. The first kappa shape index (κ1) is 18.5. The molecule has 9 heteroatoms. The third-order valence-electron chi connectivity index (χ3n) is 4.73. The van der Waals surface area contributed by atoms with Gasteiger partial charge in [-0.25, -0.2) is 8.42 Å². The van der Waals surface area contributed by atoms with E-state index in [0.29, 0.717) is 16.4 Å². The van der Waals surface area contributed by atoms with Crippen molar-refractivity contribution in [1.82, 2.24) is 14.7 Å². The highest BCUT2D eigenvalue weighted by Gasteiger charge is 2.27. The lowest BCUT2D eigenvalue weighted by Crippen LogP contribution is -2.43. The van der Waals surface area contributed by atoms with Gasteiger partial charge in [0.2, 0.25) is 0 Å². The number of rotatable bonds is 3. The second-order valence-corrected chi connectivity index (χ2v) is 10.3. The van der Waals surface area contributed by atoms with Crippen LogP contribution in [0, 0.1) is 6.92 Å². The Morgan fingerprint density at radius 3 is 2.67 bits per heavy atom. The molecule has 142 valence electrons. The molecule has 2 aromatic heterocycles. The normalized spacial score (nSPS) is 16.7. The third kappa shape index (κ3) is 3.61. The van der Waals surface area contributed by atoms with Gasteiger partial charge in [0.15, 0.2) is 9.84 Å². The van der Waals surface area contributed by atoms with Gasteiger partial charge in [0.25, 0.3) is 5.91 Å². The van der Waals surface area contributed by atoms with Crippen molar-refractivity contribution in [2.45, 2.75) is 13.5 Å². The summed E-state index contributed by atoms with van der Waals surface area (Å²) in [6, 6.07) is 9.48. The summed E-state index contributed by atoms with van der Waals surface area (Å²) in [5, 5.41) is 6.21. The maximum absolute atomic E-state index is 12.8. The SMILES string of the molecule is Cc1nn(Cc2ccccc2Cl)c2sc(C(=O)N3CCS(=O)(=O)CC3)cc12. The Morgan fingerprint density at radius 2 is 1.96 bits per heavy atom. The molecule has 0 atom stereocenters. The van der Waals surface area contributed by atoms with Crippen LogP contribution < -0.4 is 0 Å². The van der Waals surface area contributed by atoms with E-state index >= 15 is 0 Å². The minimum Gasteiger partial charge on any atom is -0.336 e. The van der Waals surface area contributed by atoms with Gasteiger partial charge in [-0.05, 0) is 24.6 Å². The Morgan fingerprint density at radius 1 is 1.26 bits per heavy atom. The van der Waals surface area contributed by atoms with Gasteiger partial charge >= 0.3 is 0 Å². The molecule has 6 nitrogen and oxygen atoms in total. The quantitative estimate of drug-likeness (QED) is 0.649. The first-order valence-corrected chi connectivity index (χ1v) is 11.6. The van der Waals surface area contributed by atoms with Crippen LogP contribution in [-0.4, -0.2) is 53.6 Å². The number of carbonyl (C=O) groups excluding carboxylic acids is 1. The Labute approximate surface area is 166 Å². The van der Waals surface area contributed by atoms with Crippen LogP contribution in [0.1, 0.15) is 20.9 Å². The van der Waals surface area contributed by atoms with Gasteiger partial charge in [-0.3, -0.25) is 9.48 Å². The molecule has 3 aromatic rings. The maximum Gasteiger partial charge on any atom is 0.264 e. The van der Waals surface area contributed by atoms with E-state index in [2.05, 4.69) is 5.10 Å². The fourth-order valence-corrected chi connectivity index (χ4v) is 5.71. The number of thiophene rings is 1. The summed E-state index contributed by atoms with van der Waals surface area (Å²) < 4.78 is 25.0. The average molecular weight is 424 g/mol. The van der Waals surface area contributed by atoms with E-state index in [9.17, 15) is 13.2 Å². The summed E-state index contributed by atoms with van der Waals surface area (Å²) >= 11 is 7.65.